The van der Waals surface area contributed by atoms with E-state index in [1.54, 1.807) is 7.05 Å². The van der Waals surface area contributed by atoms with Gasteiger partial charge in [0, 0.05) is 24.0 Å². The van der Waals surface area contributed by atoms with E-state index in [0.717, 1.165) is 10.1 Å². The van der Waals surface area contributed by atoms with Gasteiger partial charge in [0.15, 0.2) is 0 Å². The minimum Gasteiger partial charge on any atom is -0.399 e. The zero-order chi connectivity index (χ0) is 14.7. The average Bonchev–Trinajstić information content (AvgIpc) is 2.80. The van der Waals surface area contributed by atoms with Crippen molar-refractivity contribution in [2.75, 3.05) is 25.9 Å². The number of thiophene rings is 1. The molecule has 0 radical (unpaired) electrons. The summed E-state index contributed by atoms with van der Waals surface area (Å²) in [5.41, 5.74) is 6.40. The molecule has 0 fully saturated rings. The van der Waals surface area contributed by atoms with E-state index < -0.39 is 0 Å². The highest BCUT2D eigenvalue weighted by molar-refractivity contribution is 7.20. The fourth-order valence-electron chi connectivity index (χ4n) is 1.90. The van der Waals surface area contributed by atoms with E-state index in [2.05, 4.69) is 5.32 Å². The molecule has 1 heterocycles. The fraction of sp³-hybridized carbons (Fsp3) is 0.286. The summed E-state index contributed by atoms with van der Waals surface area (Å²) in [5.74, 6) is -0.315. The Hall–Kier alpha value is -2.08. The first-order valence-electron chi connectivity index (χ1n) is 6.32. The molecular formula is C14H17N3O2S. The summed E-state index contributed by atoms with van der Waals surface area (Å²) in [6, 6.07) is 7.36. The number of benzene rings is 1. The summed E-state index contributed by atoms with van der Waals surface area (Å²) in [6.07, 6.45) is 0. The Morgan fingerprint density at radius 3 is 2.80 bits per heavy atom. The van der Waals surface area contributed by atoms with Gasteiger partial charge in [0.25, 0.3) is 5.91 Å². The van der Waals surface area contributed by atoms with Crippen LogP contribution in [0.2, 0.25) is 0 Å². The van der Waals surface area contributed by atoms with Crippen molar-refractivity contribution in [3.05, 3.63) is 29.1 Å². The molecule has 2 amide bonds. The van der Waals surface area contributed by atoms with E-state index in [1.807, 2.05) is 31.2 Å². The number of carbonyl (C=O) groups excluding carboxylic acids is 2. The van der Waals surface area contributed by atoms with Crippen LogP contribution in [0.3, 0.4) is 0 Å². The number of nitrogens with two attached hydrogens (primary N) is 1. The van der Waals surface area contributed by atoms with Gasteiger partial charge < -0.3 is 16.0 Å². The maximum atomic E-state index is 12.3. The zero-order valence-electron chi connectivity index (χ0n) is 11.5. The topological polar surface area (TPSA) is 75.4 Å². The predicted octanol–water partition coefficient (Wildman–Crippen LogP) is 1.69. The van der Waals surface area contributed by atoms with Crippen LogP contribution in [0, 0.1) is 0 Å². The molecule has 0 unspecified atom stereocenters. The molecule has 0 bridgehead atoms. The lowest BCUT2D eigenvalue weighted by Gasteiger charge is -2.15. The van der Waals surface area contributed by atoms with Gasteiger partial charge in [-0.15, -0.1) is 11.3 Å². The number of amides is 2. The highest BCUT2D eigenvalue weighted by Gasteiger charge is 2.17. The molecule has 0 aliphatic heterocycles. The molecule has 6 heteroatoms. The molecule has 0 saturated carbocycles. The van der Waals surface area contributed by atoms with Gasteiger partial charge in [0.05, 0.1) is 11.4 Å². The normalized spacial score (nSPS) is 10.5. The molecule has 20 heavy (non-hydrogen) atoms. The van der Waals surface area contributed by atoms with E-state index in [0.29, 0.717) is 17.1 Å². The van der Waals surface area contributed by atoms with Crippen molar-refractivity contribution in [3.8, 4) is 0 Å². The second-order valence-electron chi connectivity index (χ2n) is 4.52. The van der Waals surface area contributed by atoms with Gasteiger partial charge in [0.1, 0.15) is 0 Å². The molecule has 0 spiro atoms. The maximum Gasteiger partial charge on any atom is 0.264 e. The molecule has 0 aliphatic carbocycles. The first-order valence-corrected chi connectivity index (χ1v) is 7.14. The van der Waals surface area contributed by atoms with E-state index in [-0.39, 0.29) is 18.4 Å². The largest absolute Gasteiger partial charge is 0.399 e. The molecule has 5 nitrogen and oxygen atoms in total. The fourth-order valence-corrected chi connectivity index (χ4v) is 2.93. The van der Waals surface area contributed by atoms with Crippen molar-refractivity contribution in [2.45, 2.75) is 6.92 Å². The molecule has 1 aromatic carbocycles. The van der Waals surface area contributed by atoms with E-state index in [9.17, 15) is 9.59 Å². The number of carbonyl (C=O) groups is 2. The summed E-state index contributed by atoms with van der Waals surface area (Å²) in [5, 5.41) is 3.62. The molecule has 0 atom stereocenters. The smallest absolute Gasteiger partial charge is 0.264 e. The van der Waals surface area contributed by atoms with Gasteiger partial charge >= 0.3 is 0 Å². The molecule has 106 valence electrons. The van der Waals surface area contributed by atoms with Crippen LogP contribution in [0.25, 0.3) is 10.1 Å². The van der Waals surface area contributed by atoms with Crippen molar-refractivity contribution >= 4 is 38.9 Å². The Labute approximate surface area is 121 Å². The van der Waals surface area contributed by atoms with Crippen LogP contribution in [0.5, 0.6) is 0 Å². The lowest BCUT2D eigenvalue weighted by Crippen LogP contribution is -2.37. The van der Waals surface area contributed by atoms with Crippen molar-refractivity contribution < 1.29 is 9.59 Å². The third kappa shape index (κ3) is 3.08. The van der Waals surface area contributed by atoms with E-state index >= 15 is 0 Å². The Kier molecular flexibility index (Phi) is 4.24. The van der Waals surface area contributed by atoms with Crippen LogP contribution >= 0.6 is 11.3 Å². The number of fused-ring (bicyclic) bond motifs is 1. The van der Waals surface area contributed by atoms with Gasteiger partial charge in [-0.25, -0.2) is 0 Å². The van der Waals surface area contributed by atoms with Crippen LogP contribution in [0.4, 0.5) is 5.69 Å². The maximum absolute atomic E-state index is 12.3. The lowest BCUT2D eigenvalue weighted by atomic mass is 10.2. The summed E-state index contributed by atoms with van der Waals surface area (Å²) in [4.78, 5) is 25.8. The van der Waals surface area contributed by atoms with Crippen LogP contribution in [-0.2, 0) is 4.79 Å². The van der Waals surface area contributed by atoms with E-state index in [4.69, 9.17) is 5.73 Å². The first-order chi connectivity index (χ1) is 9.51. The summed E-state index contributed by atoms with van der Waals surface area (Å²) >= 11 is 1.40. The number of nitrogens with one attached hydrogen (secondary N) is 1. The quantitative estimate of drug-likeness (QED) is 0.842. The third-order valence-corrected chi connectivity index (χ3v) is 3.96. The monoisotopic (exact) mass is 291 g/mol. The van der Waals surface area contributed by atoms with Crippen molar-refractivity contribution in [3.63, 3.8) is 0 Å². The van der Waals surface area contributed by atoms with Gasteiger partial charge in [0.2, 0.25) is 5.91 Å². The number of anilines is 1. The number of likely N-dealkylation sites (N-methyl/N-ethyl adjacent to an activating group) is 2. The number of hydrogen-bond acceptors (Lipinski definition) is 4. The number of nitrogens with zero attached hydrogens (tertiary/aromatic N) is 1. The SMILES string of the molecule is CCNC(=O)CN(C)C(=O)c1cc2cc(N)ccc2s1. The average molecular weight is 291 g/mol. The first kappa shape index (κ1) is 14.3. The van der Waals surface area contributed by atoms with Crippen molar-refractivity contribution in [1.82, 2.24) is 10.2 Å². The number of hydrogen-bond donors (Lipinski definition) is 2. The summed E-state index contributed by atoms with van der Waals surface area (Å²) in [7, 11) is 1.62. The van der Waals surface area contributed by atoms with Crippen LogP contribution < -0.4 is 11.1 Å². The number of rotatable bonds is 4. The molecule has 3 N–H and O–H groups in total. The zero-order valence-corrected chi connectivity index (χ0v) is 12.3. The standard InChI is InChI=1S/C14H17N3O2S/c1-3-16-13(18)8-17(2)14(19)12-7-9-6-10(15)4-5-11(9)20-12/h4-7H,3,8,15H2,1-2H3,(H,16,18). The molecular weight excluding hydrogens is 274 g/mol. The van der Waals surface area contributed by atoms with Gasteiger partial charge in [-0.2, -0.15) is 0 Å². The Morgan fingerprint density at radius 1 is 1.35 bits per heavy atom. The number of nitrogen functional groups attached to an aromatic ring is 1. The summed E-state index contributed by atoms with van der Waals surface area (Å²) in [6.45, 7) is 2.46. The highest BCUT2D eigenvalue weighted by Crippen LogP contribution is 2.27. The Bertz CT molecular complexity index is 651. The minimum atomic E-state index is -0.159. The van der Waals surface area contributed by atoms with Crippen molar-refractivity contribution in [1.29, 1.82) is 0 Å². The molecule has 0 aliphatic rings. The van der Waals surface area contributed by atoms with E-state index in [1.165, 1.54) is 16.2 Å². The predicted molar refractivity (Wildman–Crippen MR) is 81.9 cm³/mol. The minimum absolute atomic E-state index is 0.0586. The van der Waals surface area contributed by atoms with Gasteiger partial charge in [-0.3, -0.25) is 9.59 Å². The molecule has 1 aromatic heterocycles. The van der Waals surface area contributed by atoms with Crippen LogP contribution in [0.15, 0.2) is 24.3 Å². The molecule has 0 saturated heterocycles. The third-order valence-electron chi connectivity index (χ3n) is 2.85. The van der Waals surface area contributed by atoms with Crippen LogP contribution in [0.1, 0.15) is 16.6 Å². The van der Waals surface area contributed by atoms with Crippen LogP contribution in [-0.4, -0.2) is 36.9 Å². The van der Waals surface area contributed by atoms with Gasteiger partial charge in [-0.1, -0.05) is 0 Å². The second-order valence-corrected chi connectivity index (χ2v) is 5.61. The highest BCUT2D eigenvalue weighted by atomic mass is 32.1. The molecule has 2 aromatic rings. The lowest BCUT2D eigenvalue weighted by molar-refractivity contribution is -0.121. The second kappa shape index (κ2) is 5.92. The Morgan fingerprint density at radius 2 is 2.10 bits per heavy atom. The van der Waals surface area contributed by atoms with Crippen molar-refractivity contribution in [2.24, 2.45) is 0 Å². The van der Waals surface area contributed by atoms with Gasteiger partial charge in [-0.05, 0) is 36.6 Å². The molecule has 2 rings (SSSR count). The summed E-state index contributed by atoms with van der Waals surface area (Å²) < 4.78 is 1.01. The Balaban J connectivity index is 2.16.